The van der Waals surface area contributed by atoms with Gasteiger partial charge in [0, 0.05) is 0 Å². The third kappa shape index (κ3) is 2.64. The van der Waals surface area contributed by atoms with E-state index in [0.717, 1.165) is 0 Å². The molecule has 0 aliphatic carbocycles. The van der Waals surface area contributed by atoms with Crippen molar-refractivity contribution in [3.63, 3.8) is 0 Å². The number of hydrogen-bond acceptors (Lipinski definition) is 2. The zero-order valence-electron chi connectivity index (χ0n) is 12.4. The molecule has 0 radical (unpaired) electrons. The number of carbonyl (C=O) groups excluding carboxylic acids is 2. The van der Waals surface area contributed by atoms with Gasteiger partial charge < -0.3 is 10.2 Å². The first-order valence-corrected chi connectivity index (χ1v) is 7.33. The van der Waals surface area contributed by atoms with E-state index < -0.39 is 18.3 Å². The highest BCUT2D eigenvalue weighted by molar-refractivity contribution is 6.00. The van der Waals surface area contributed by atoms with Crippen molar-refractivity contribution in [1.82, 2.24) is 10.2 Å². The van der Waals surface area contributed by atoms with Crippen LogP contribution in [0.15, 0.2) is 30.3 Å². The quantitative estimate of drug-likeness (QED) is 0.904. The van der Waals surface area contributed by atoms with Crippen molar-refractivity contribution in [2.24, 2.45) is 0 Å². The maximum Gasteiger partial charge on any atom is 0.249 e. The van der Waals surface area contributed by atoms with Crippen LogP contribution in [0.4, 0.5) is 4.39 Å². The number of nitrogens with zero attached hydrogens (tertiary/aromatic N) is 1. The molecule has 1 aromatic rings. The Hall–Kier alpha value is -1.91. The zero-order chi connectivity index (χ0) is 15.5. The Labute approximate surface area is 124 Å². The normalized spacial score (nSPS) is 21.3. The van der Waals surface area contributed by atoms with Gasteiger partial charge in [0.15, 0.2) is 0 Å². The Kier molecular flexibility index (Phi) is 4.60. The van der Waals surface area contributed by atoms with Crippen LogP contribution < -0.4 is 5.32 Å². The second kappa shape index (κ2) is 6.24. The summed E-state index contributed by atoms with van der Waals surface area (Å²) in [6.45, 7) is 3.00. The van der Waals surface area contributed by atoms with Gasteiger partial charge in [-0.05, 0) is 18.4 Å². The minimum absolute atomic E-state index is 0.0619. The second-order valence-electron chi connectivity index (χ2n) is 5.28. The molecule has 1 fully saturated rings. The molecule has 1 N–H and O–H groups in total. The maximum atomic E-state index is 12.9. The lowest BCUT2D eigenvalue weighted by molar-refractivity contribution is -0.156. The molecule has 1 atom stereocenters. The summed E-state index contributed by atoms with van der Waals surface area (Å²) in [5.74, 6) is -0.434. The molecule has 0 saturated carbocycles. The van der Waals surface area contributed by atoms with E-state index in [0.29, 0.717) is 18.4 Å². The molecule has 1 heterocycles. The van der Waals surface area contributed by atoms with Gasteiger partial charge in [-0.25, -0.2) is 4.39 Å². The Bertz CT molecular complexity index is 514. The molecule has 21 heavy (non-hydrogen) atoms. The van der Waals surface area contributed by atoms with Gasteiger partial charge in [-0.15, -0.1) is 0 Å². The van der Waals surface area contributed by atoms with Crippen molar-refractivity contribution in [1.29, 1.82) is 0 Å². The zero-order valence-corrected chi connectivity index (χ0v) is 12.4. The van der Waals surface area contributed by atoms with Crippen LogP contribution in [-0.2, 0) is 9.59 Å². The molecule has 4 nitrogen and oxygen atoms in total. The van der Waals surface area contributed by atoms with E-state index in [1.807, 2.05) is 32.0 Å². The number of piperazine rings is 1. The summed E-state index contributed by atoms with van der Waals surface area (Å²) in [4.78, 5) is 26.7. The Balaban J connectivity index is 2.43. The van der Waals surface area contributed by atoms with E-state index in [1.165, 1.54) is 4.90 Å². The Morgan fingerprint density at radius 2 is 1.81 bits per heavy atom. The minimum Gasteiger partial charge on any atom is -0.340 e. The molecule has 1 aromatic carbocycles. The summed E-state index contributed by atoms with van der Waals surface area (Å²) in [5, 5.41) is 2.86. The van der Waals surface area contributed by atoms with Gasteiger partial charge >= 0.3 is 0 Å². The van der Waals surface area contributed by atoms with Crippen molar-refractivity contribution in [2.75, 3.05) is 13.2 Å². The monoisotopic (exact) mass is 292 g/mol. The smallest absolute Gasteiger partial charge is 0.249 e. The molecule has 114 valence electrons. The molecule has 2 rings (SSSR count). The molecule has 1 unspecified atom stereocenters. The van der Waals surface area contributed by atoms with E-state index in [9.17, 15) is 14.0 Å². The minimum atomic E-state index is -0.905. The fraction of sp³-hybridized carbons (Fsp3) is 0.500. The second-order valence-corrected chi connectivity index (χ2v) is 5.28. The van der Waals surface area contributed by atoms with Crippen LogP contribution in [0, 0.1) is 0 Å². The number of halogens is 1. The predicted molar refractivity (Wildman–Crippen MR) is 78.3 cm³/mol. The first-order chi connectivity index (χ1) is 10.1. The van der Waals surface area contributed by atoms with Gasteiger partial charge in [-0.2, -0.15) is 0 Å². The van der Waals surface area contributed by atoms with Crippen LogP contribution in [0.3, 0.4) is 0 Å². The molecule has 1 saturated heterocycles. The number of benzene rings is 1. The Morgan fingerprint density at radius 3 is 2.33 bits per heavy atom. The van der Waals surface area contributed by atoms with Crippen molar-refractivity contribution in [3.8, 4) is 0 Å². The van der Waals surface area contributed by atoms with Crippen LogP contribution in [0.2, 0.25) is 0 Å². The molecule has 1 aliphatic heterocycles. The number of amides is 2. The fourth-order valence-electron chi connectivity index (χ4n) is 2.91. The average Bonchev–Trinajstić information content (AvgIpc) is 2.52. The first-order valence-electron chi connectivity index (χ1n) is 7.33. The van der Waals surface area contributed by atoms with Crippen LogP contribution in [0.25, 0.3) is 0 Å². The molecular weight excluding hydrogens is 271 g/mol. The third-order valence-corrected chi connectivity index (χ3v) is 4.24. The topological polar surface area (TPSA) is 49.4 Å². The van der Waals surface area contributed by atoms with Crippen LogP contribution in [0.5, 0.6) is 0 Å². The highest BCUT2D eigenvalue weighted by atomic mass is 19.1. The van der Waals surface area contributed by atoms with E-state index in [4.69, 9.17) is 0 Å². The molecule has 2 amide bonds. The molecular formula is C16H21FN2O2. The maximum absolute atomic E-state index is 12.9. The lowest BCUT2D eigenvalue weighted by atomic mass is 9.86. The Morgan fingerprint density at radius 1 is 1.19 bits per heavy atom. The summed E-state index contributed by atoms with van der Waals surface area (Å²) in [6, 6.07) is 8.28. The first kappa shape index (κ1) is 15.5. The number of nitrogens with one attached hydrogen (secondary N) is 1. The summed E-state index contributed by atoms with van der Waals surface area (Å²) in [5.41, 5.74) is -0.199. The van der Waals surface area contributed by atoms with E-state index >= 15 is 0 Å². The molecule has 0 bridgehead atoms. The largest absolute Gasteiger partial charge is 0.340 e. The number of rotatable bonds is 5. The lowest BCUT2D eigenvalue weighted by Gasteiger charge is -2.45. The average molecular weight is 292 g/mol. The van der Waals surface area contributed by atoms with Crippen molar-refractivity contribution < 1.29 is 14.0 Å². The van der Waals surface area contributed by atoms with Gasteiger partial charge in [0.2, 0.25) is 11.8 Å². The SMILES string of the molecule is CCC1(CC)NC(=O)C(c2ccccc2)N(CCF)C1=O. The summed E-state index contributed by atoms with van der Waals surface area (Å²) in [6.07, 6.45) is 0.997. The van der Waals surface area contributed by atoms with Gasteiger partial charge in [-0.1, -0.05) is 44.2 Å². The molecule has 0 spiro atoms. The van der Waals surface area contributed by atoms with Gasteiger partial charge in [0.25, 0.3) is 0 Å². The highest BCUT2D eigenvalue weighted by Crippen LogP contribution is 2.32. The van der Waals surface area contributed by atoms with Crippen molar-refractivity contribution >= 4 is 11.8 Å². The predicted octanol–water partition coefficient (Wildman–Crippen LogP) is 2.21. The van der Waals surface area contributed by atoms with Gasteiger partial charge in [0.1, 0.15) is 18.3 Å². The van der Waals surface area contributed by atoms with Crippen molar-refractivity contribution in [3.05, 3.63) is 35.9 Å². The van der Waals surface area contributed by atoms with Gasteiger partial charge in [0.05, 0.1) is 6.54 Å². The third-order valence-electron chi connectivity index (χ3n) is 4.24. The lowest BCUT2D eigenvalue weighted by Crippen LogP contribution is -2.67. The summed E-state index contributed by atoms with van der Waals surface area (Å²) < 4.78 is 12.9. The molecule has 5 heteroatoms. The van der Waals surface area contributed by atoms with Crippen LogP contribution >= 0.6 is 0 Å². The van der Waals surface area contributed by atoms with E-state index in [1.54, 1.807) is 12.1 Å². The highest BCUT2D eigenvalue weighted by Gasteiger charge is 2.49. The number of alkyl halides is 1. The standard InChI is InChI=1S/C16H21FN2O2/c1-3-16(4-2)15(21)19(11-10-17)13(14(20)18-16)12-8-6-5-7-9-12/h5-9,13H,3-4,10-11H2,1-2H3,(H,18,20). The fourth-order valence-corrected chi connectivity index (χ4v) is 2.91. The molecule has 0 aromatic heterocycles. The van der Waals surface area contributed by atoms with Crippen molar-refractivity contribution in [2.45, 2.75) is 38.3 Å². The summed E-state index contributed by atoms with van der Waals surface area (Å²) >= 11 is 0. The summed E-state index contributed by atoms with van der Waals surface area (Å²) in [7, 11) is 0. The van der Waals surface area contributed by atoms with Gasteiger partial charge in [-0.3, -0.25) is 9.59 Å². The van der Waals surface area contributed by atoms with E-state index in [2.05, 4.69) is 5.32 Å². The van der Waals surface area contributed by atoms with Crippen LogP contribution in [0.1, 0.15) is 38.3 Å². The molecule has 1 aliphatic rings. The van der Waals surface area contributed by atoms with Crippen LogP contribution in [-0.4, -0.2) is 35.5 Å². The number of hydrogen-bond donors (Lipinski definition) is 1. The van der Waals surface area contributed by atoms with E-state index in [-0.39, 0.29) is 18.4 Å². The number of carbonyl (C=O) groups is 2.